The summed E-state index contributed by atoms with van der Waals surface area (Å²) in [6.07, 6.45) is 2.70. The first-order chi connectivity index (χ1) is 7.99. The van der Waals surface area contributed by atoms with Crippen LogP contribution >= 0.6 is 0 Å². The fraction of sp³-hybridized carbons (Fsp3) is 0.214. The lowest BCUT2D eigenvalue weighted by molar-refractivity contribution is -0.131. The van der Waals surface area contributed by atoms with E-state index < -0.39 is 5.97 Å². The Bertz CT molecular complexity index is 469. The molecule has 2 N–H and O–H groups in total. The minimum absolute atomic E-state index is 0.804. The maximum Gasteiger partial charge on any atom is 0.328 e. The Hall–Kier alpha value is -2.03. The van der Waals surface area contributed by atoms with Gasteiger partial charge >= 0.3 is 5.97 Å². The Kier molecular flexibility index (Phi) is 4.52. The summed E-state index contributed by atoms with van der Waals surface area (Å²) in [4.78, 5) is 10.5. The van der Waals surface area contributed by atoms with Gasteiger partial charge in [0.2, 0.25) is 0 Å². The lowest BCUT2D eigenvalue weighted by atomic mass is 10.2. The van der Waals surface area contributed by atoms with Crippen LogP contribution in [-0.4, -0.2) is 11.1 Å². The zero-order chi connectivity index (χ0) is 12.8. The van der Waals surface area contributed by atoms with Gasteiger partial charge in [-0.1, -0.05) is 17.7 Å². The summed E-state index contributed by atoms with van der Waals surface area (Å²) in [6.45, 7) is 5.88. The van der Waals surface area contributed by atoms with Gasteiger partial charge < -0.3 is 10.4 Å². The number of anilines is 1. The molecule has 0 aliphatic heterocycles. The lowest BCUT2D eigenvalue weighted by Gasteiger charge is -2.10. The molecule has 1 aromatic rings. The van der Waals surface area contributed by atoms with Crippen molar-refractivity contribution in [2.75, 3.05) is 5.32 Å². The maximum atomic E-state index is 10.5. The number of nitrogens with one attached hydrogen (secondary N) is 1. The highest BCUT2D eigenvalue weighted by Crippen LogP contribution is 2.15. The Labute approximate surface area is 101 Å². The van der Waals surface area contributed by atoms with E-state index in [4.69, 9.17) is 5.11 Å². The monoisotopic (exact) mass is 231 g/mol. The smallest absolute Gasteiger partial charge is 0.328 e. The molecule has 0 aliphatic carbocycles. The summed E-state index contributed by atoms with van der Waals surface area (Å²) in [5, 5.41) is 11.8. The quantitative estimate of drug-likeness (QED) is 0.617. The summed E-state index contributed by atoms with van der Waals surface area (Å²) in [7, 11) is 0. The van der Waals surface area contributed by atoms with Crippen molar-refractivity contribution in [2.45, 2.75) is 20.8 Å². The van der Waals surface area contributed by atoms with Gasteiger partial charge in [-0.15, -0.1) is 0 Å². The Morgan fingerprint density at radius 2 is 2.00 bits per heavy atom. The predicted octanol–water partition coefficient (Wildman–Crippen LogP) is 3.34. The molecular weight excluding hydrogens is 214 g/mol. The molecule has 1 rings (SSSR count). The van der Waals surface area contributed by atoms with Crippen molar-refractivity contribution in [3.05, 3.63) is 53.3 Å². The van der Waals surface area contributed by atoms with Gasteiger partial charge in [-0.05, 0) is 44.5 Å². The van der Waals surface area contributed by atoms with Gasteiger partial charge in [0.1, 0.15) is 0 Å². The number of rotatable bonds is 4. The van der Waals surface area contributed by atoms with Crippen molar-refractivity contribution in [2.24, 2.45) is 0 Å². The molecule has 0 heterocycles. The molecule has 0 amide bonds. The number of hydrogen-bond donors (Lipinski definition) is 2. The van der Waals surface area contributed by atoms with Crippen molar-refractivity contribution in [1.29, 1.82) is 0 Å². The van der Waals surface area contributed by atoms with Crippen LogP contribution < -0.4 is 5.32 Å². The molecule has 0 saturated carbocycles. The third kappa shape index (κ3) is 4.55. The number of aliphatic carboxylic acids is 1. The van der Waals surface area contributed by atoms with Crippen LogP contribution in [0.4, 0.5) is 5.69 Å². The van der Waals surface area contributed by atoms with Gasteiger partial charge in [-0.25, -0.2) is 4.79 Å². The molecule has 0 spiro atoms. The Morgan fingerprint density at radius 3 is 2.53 bits per heavy atom. The molecule has 0 aromatic heterocycles. The van der Waals surface area contributed by atoms with Crippen LogP contribution in [0.5, 0.6) is 0 Å². The summed E-state index contributed by atoms with van der Waals surface area (Å²) in [6, 6.07) is 7.93. The topological polar surface area (TPSA) is 49.3 Å². The third-order valence-electron chi connectivity index (χ3n) is 2.23. The van der Waals surface area contributed by atoms with Gasteiger partial charge in [0, 0.05) is 17.5 Å². The van der Waals surface area contributed by atoms with Crippen LogP contribution in [0, 0.1) is 6.92 Å². The maximum absolute atomic E-state index is 10.5. The molecule has 0 aliphatic rings. The SMILES string of the molecule is CC(C)=C(/C=C\C(=O)O)Nc1cccc(C)c1. The van der Waals surface area contributed by atoms with E-state index in [1.165, 1.54) is 0 Å². The van der Waals surface area contributed by atoms with Crippen LogP contribution in [0.15, 0.2) is 47.7 Å². The van der Waals surface area contributed by atoms with E-state index in [0.717, 1.165) is 28.6 Å². The predicted molar refractivity (Wildman–Crippen MR) is 70.0 cm³/mol. The highest BCUT2D eigenvalue weighted by molar-refractivity contribution is 5.80. The second kappa shape index (κ2) is 5.89. The molecule has 0 saturated heterocycles. The number of hydrogen-bond acceptors (Lipinski definition) is 2. The first kappa shape index (κ1) is 13.0. The number of aryl methyl sites for hydroxylation is 1. The van der Waals surface area contributed by atoms with E-state index in [1.807, 2.05) is 45.0 Å². The van der Waals surface area contributed by atoms with E-state index in [-0.39, 0.29) is 0 Å². The molecule has 0 atom stereocenters. The molecule has 0 unspecified atom stereocenters. The summed E-state index contributed by atoms with van der Waals surface area (Å²) < 4.78 is 0. The zero-order valence-electron chi connectivity index (χ0n) is 10.3. The minimum Gasteiger partial charge on any atom is -0.478 e. The Morgan fingerprint density at radius 1 is 1.29 bits per heavy atom. The fourth-order valence-electron chi connectivity index (χ4n) is 1.37. The number of carbonyl (C=O) groups is 1. The molecule has 0 fully saturated rings. The van der Waals surface area contributed by atoms with Crippen molar-refractivity contribution in [3.63, 3.8) is 0 Å². The van der Waals surface area contributed by atoms with E-state index in [1.54, 1.807) is 6.08 Å². The van der Waals surface area contributed by atoms with Crippen LogP contribution in [0.1, 0.15) is 19.4 Å². The van der Waals surface area contributed by atoms with E-state index in [2.05, 4.69) is 5.32 Å². The highest BCUT2D eigenvalue weighted by Gasteiger charge is 1.98. The second-order valence-corrected chi connectivity index (χ2v) is 4.08. The van der Waals surface area contributed by atoms with Crippen LogP contribution in [0.25, 0.3) is 0 Å². The average molecular weight is 231 g/mol. The van der Waals surface area contributed by atoms with Crippen molar-refractivity contribution < 1.29 is 9.90 Å². The normalized spacial score (nSPS) is 10.3. The van der Waals surface area contributed by atoms with Crippen LogP contribution in [0.3, 0.4) is 0 Å². The minimum atomic E-state index is -0.949. The molecule has 3 heteroatoms. The summed E-state index contributed by atoms with van der Waals surface area (Å²) in [5.74, 6) is -0.949. The first-order valence-corrected chi connectivity index (χ1v) is 5.41. The largest absolute Gasteiger partial charge is 0.478 e. The lowest BCUT2D eigenvalue weighted by Crippen LogP contribution is -2.00. The number of carboxylic acids is 1. The van der Waals surface area contributed by atoms with Gasteiger partial charge in [0.05, 0.1) is 0 Å². The average Bonchev–Trinajstić information content (AvgIpc) is 2.23. The molecule has 3 nitrogen and oxygen atoms in total. The summed E-state index contributed by atoms with van der Waals surface area (Å²) in [5.41, 5.74) is 3.95. The van der Waals surface area contributed by atoms with Gasteiger partial charge in [0.15, 0.2) is 0 Å². The number of allylic oxidation sites excluding steroid dienone is 2. The fourth-order valence-corrected chi connectivity index (χ4v) is 1.37. The van der Waals surface area contributed by atoms with Gasteiger partial charge in [-0.3, -0.25) is 0 Å². The highest BCUT2D eigenvalue weighted by atomic mass is 16.4. The zero-order valence-corrected chi connectivity index (χ0v) is 10.3. The second-order valence-electron chi connectivity index (χ2n) is 4.08. The van der Waals surface area contributed by atoms with Crippen molar-refractivity contribution in [3.8, 4) is 0 Å². The van der Waals surface area contributed by atoms with E-state index in [9.17, 15) is 4.79 Å². The summed E-state index contributed by atoms with van der Waals surface area (Å²) >= 11 is 0. The Balaban J connectivity index is 2.89. The molecule has 90 valence electrons. The van der Waals surface area contributed by atoms with E-state index >= 15 is 0 Å². The third-order valence-corrected chi connectivity index (χ3v) is 2.23. The molecular formula is C14H17NO2. The van der Waals surface area contributed by atoms with Crippen molar-refractivity contribution in [1.82, 2.24) is 0 Å². The number of carboxylic acid groups (broad SMARTS) is 1. The first-order valence-electron chi connectivity index (χ1n) is 5.41. The standard InChI is InChI=1S/C14H17NO2/c1-10(2)13(7-8-14(16)17)15-12-6-4-5-11(3)9-12/h4-9,15H,1-3H3,(H,16,17)/b8-7-. The molecule has 17 heavy (non-hydrogen) atoms. The van der Waals surface area contributed by atoms with Crippen LogP contribution in [0.2, 0.25) is 0 Å². The van der Waals surface area contributed by atoms with Crippen molar-refractivity contribution >= 4 is 11.7 Å². The molecule has 0 radical (unpaired) electrons. The van der Waals surface area contributed by atoms with E-state index in [0.29, 0.717) is 0 Å². The van der Waals surface area contributed by atoms with Gasteiger partial charge in [-0.2, -0.15) is 0 Å². The van der Waals surface area contributed by atoms with Crippen LogP contribution in [-0.2, 0) is 4.79 Å². The number of benzene rings is 1. The molecule has 1 aromatic carbocycles. The molecule has 0 bridgehead atoms. The van der Waals surface area contributed by atoms with Gasteiger partial charge in [0.25, 0.3) is 0 Å².